The molecule has 4 bridgehead atoms. The van der Waals surface area contributed by atoms with Crippen LogP contribution < -0.4 is 10.7 Å². The number of carbonyl (C=O) groups is 2. The number of piperidine rings is 1. The molecule has 3 heterocycles. The Morgan fingerprint density at radius 3 is 2.79 bits per heavy atom. The van der Waals surface area contributed by atoms with Gasteiger partial charge in [0.25, 0.3) is 5.91 Å². The molecule has 3 aliphatic rings. The molecular weight excluding hydrogens is 460 g/mol. The molecule has 3 unspecified atom stereocenters. The van der Waals surface area contributed by atoms with Crippen LogP contribution in [0.2, 0.25) is 0 Å². The van der Waals surface area contributed by atoms with Gasteiger partial charge < -0.3 is 10.2 Å². The number of rotatable bonds is 1. The van der Waals surface area contributed by atoms with Gasteiger partial charge in [0.05, 0.1) is 23.0 Å². The number of hydrogen-bond acceptors (Lipinski definition) is 3. The first-order valence-electron chi connectivity index (χ1n) is 8.85. The average molecular weight is 475 g/mol. The minimum atomic E-state index is -4.72. The summed E-state index contributed by atoms with van der Waals surface area (Å²) in [4.78, 5) is 26.1. The average Bonchev–Trinajstić information content (AvgIpc) is 2.97. The number of urea groups is 1. The van der Waals surface area contributed by atoms with E-state index in [-0.39, 0.29) is 34.1 Å². The van der Waals surface area contributed by atoms with Gasteiger partial charge in [0.1, 0.15) is 5.82 Å². The molecule has 1 aromatic rings. The molecule has 3 atom stereocenters. The van der Waals surface area contributed by atoms with E-state index in [1.54, 1.807) is 11.0 Å². The predicted octanol–water partition coefficient (Wildman–Crippen LogP) is 4.03. The van der Waals surface area contributed by atoms with Crippen LogP contribution in [0.15, 0.2) is 33.9 Å². The second-order valence-electron chi connectivity index (χ2n) is 7.11. The summed E-state index contributed by atoms with van der Waals surface area (Å²) >= 11 is 2.78. The van der Waals surface area contributed by atoms with Crippen LogP contribution in [-0.2, 0) is 11.0 Å². The third-order valence-corrected chi connectivity index (χ3v) is 6.05. The van der Waals surface area contributed by atoms with Crippen LogP contribution in [0.4, 0.5) is 28.0 Å². The van der Waals surface area contributed by atoms with Crippen molar-refractivity contribution in [3.63, 3.8) is 0 Å². The molecule has 1 aromatic carbocycles. The number of amides is 3. The van der Waals surface area contributed by atoms with Crippen LogP contribution in [0, 0.1) is 11.7 Å². The highest BCUT2D eigenvalue weighted by Crippen LogP contribution is 2.40. The molecule has 3 amide bonds. The number of nitrogens with one attached hydrogen (secondary N) is 2. The van der Waals surface area contributed by atoms with Gasteiger partial charge in [-0.1, -0.05) is 22.0 Å². The summed E-state index contributed by atoms with van der Waals surface area (Å²) in [6, 6.07) is 0.0563. The van der Waals surface area contributed by atoms with Crippen molar-refractivity contribution < 1.29 is 27.2 Å². The Morgan fingerprint density at radius 1 is 1.31 bits per heavy atom. The number of hydrogen-bond donors (Lipinski definition) is 2. The molecule has 0 aliphatic carbocycles. The monoisotopic (exact) mass is 474 g/mol. The van der Waals surface area contributed by atoms with Gasteiger partial charge in [0.2, 0.25) is 0 Å². The summed E-state index contributed by atoms with van der Waals surface area (Å²) in [5, 5.41) is 6.49. The Kier molecular flexibility index (Phi) is 4.88. The maximum absolute atomic E-state index is 14.3. The maximum atomic E-state index is 14.3. The van der Waals surface area contributed by atoms with E-state index in [0.717, 1.165) is 6.07 Å². The maximum Gasteiger partial charge on any atom is 0.417 e. The molecule has 2 saturated heterocycles. The Balaban J connectivity index is 1.61. The fraction of sp³-hybridized carbons (Fsp3) is 0.389. The summed E-state index contributed by atoms with van der Waals surface area (Å²) < 4.78 is 52.6. The van der Waals surface area contributed by atoms with Crippen molar-refractivity contribution in [3.05, 3.63) is 40.1 Å². The second kappa shape index (κ2) is 7.12. The van der Waals surface area contributed by atoms with Gasteiger partial charge in [-0.15, -0.1) is 0 Å². The Morgan fingerprint density at radius 2 is 2.07 bits per heavy atom. The quantitative estimate of drug-likeness (QED) is 0.603. The van der Waals surface area contributed by atoms with Crippen molar-refractivity contribution in [2.75, 3.05) is 5.32 Å². The molecular formula is C18H15BrF4N4O2. The molecule has 2 N–H and O–H groups in total. The third kappa shape index (κ3) is 3.63. The van der Waals surface area contributed by atoms with Gasteiger partial charge in [-0.05, 0) is 31.4 Å². The molecule has 154 valence electrons. The van der Waals surface area contributed by atoms with Crippen LogP contribution in [0.25, 0.3) is 0 Å². The van der Waals surface area contributed by atoms with Gasteiger partial charge in [-0.2, -0.15) is 18.3 Å². The highest BCUT2D eigenvalue weighted by molar-refractivity contribution is 9.10. The summed E-state index contributed by atoms with van der Waals surface area (Å²) in [7, 11) is 0. The first kappa shape index (κ1) is 19.9. The van der Waals surface area contributed by atoms with Crippen molar-refractivity contribution in [1.82, 2.24) is 10.3 Å². The molecule has 4 rings (SSSR count). The first-order valence-corrected chi connectivity index (χ1v) is 9.64. The van der Waals surface area contributed by atoms with Gasteiger partial charge in [-0.3, -0.25) is 4.79 Å². The van der Waals surface area contributed by atoms with Crippen molar-refractivity contribution in [3.8, 4) is 0 Å². The normalized spacial score (nSPS) is 26.9. The van der Waals surface area contributed by atoms with Gasteiger partial charge in [0.15, 0.2) is 0 Å². The number of anilines is 1. The van der Waals surface area contributed by atoms with Crippen molar-refractivity contribution in [1.29, 1.82) is 0 Å². The minimum Gasteiger partial charge on any atom is -0.313 e. The molecule has 6 nitrogen and oxygen atoms in total. The lowest BCUT2D eigenvalue weighted by molar-refractivity contribution is -0.138. The van der Waals surface area contributed by atoms with Gasteiger partial charge in [0, 0.05) is 22.5 Å². The predicted molar refractivity (Wildman–Crippen MR) is 99.6 cm³/mol. The number of fused-ring (bicyclic) bond motifs is 6. The minimum absolute atomic E-state index is 0.117. The van der Waals surface area contributed by atoms with Crippen LogP contribution in [-0.4, -0.2) is 34.6 Å². The van der Waals surface area contributed by atoms with Crippen LogP contribution in [0.1, 0.15) is 24.8 Å². The number of nitrogens with zero attached hydrogens (tertiary/aromatic N) is 2. The van der Waals surface area contributed by atoms with E-state index in [2.05, 4.69) is 31.8 Å². The van der Waals surface area contributed by atoms with Crippen LogP contribution in [0.3, 0.4) is 0 Å². The van der Waals surface area contributed by atoms with E-state index in [0.29, 0.717) is 31.0 Å². The van der Waals surface area contributed by atoms with E-state index in [1.165, 1.54) is 6.08 Å². The Bertz CT molecular complexity index is 947. The molecule has 3 aliphatic heterocycles. The van der Waals surface area contributed by atoms with Crippen LogP contribution in [0.5, 0.6) is 0 Å². The number of alkyl halides is 3. The molecule has 0 radical (unpaired) electrons. The molecule has 2 fully saturated rings. The number of benzene rings is 1. The highest BCUT2D eigenvalue weighted by Gasteiger charge is 2.48. The summed E-state index contributed by atoms with van der Waals surface area (Å²) in [6.45, 7) is 0. The van der Waals surface area contributed by atoms with Gasteiger partial charge in [-0.25, -0.2) is 14.6 Å². The molecule has 29 heavy (non-hydrogen) atoms. The second-order valence-corrected chi connectivity index (χ2v) is 7.97. The highest BCUT2D eigenvalue weighted by atomic mass is 79.9. The first-order chi connectivity index (χ1) is 13.6. The number of hydrazone groups is 1. The van der Waals surface area contributed by atoms with E-state index in [4.69, 9.17) is 0 Å². The van der Waals surface area contributed by atoms with E-state index in [9.17, 15) is 27.2 Å². The SMILES string of the molecule is O=C1/C=C\C2CC(=NN1)C1CCC2N1C(=O)Nc1cc(Br)c(C(F)(F)F)cc1F. The zero-order valence-corrected chi connectivity index (χ0v) is 16.3. The largest absolute Gasteiger partial charge is 0.417 e. The zero-order valence-electron chi connectivity index (χ0n) is 14.8. The smallest absolute Gasteiger partial charge is 0.313 e. The lowest BCUT2D eigenvalue weighted by Gasteiger charge is -2.40. The molecule has 0 spiro atoms. The van der Waals surface area contributed by atoms with E-state index >= 15 is 0 Å². The van der Waals surface area contributed by atoms with Crippen LogP contribution >= 0.6 is 15.9 Å². The topological polar surface area (TPSA) is 73.8 Å². The number of halogens is 5. The molecule has 11 heteroatoms. The molecule has 0 saturated carbocycles. The standard InChI is InChI=1S/C18H15BrF4N4O2/c19-10-7-12(11(20)6-9(10)18(21,22)23)24-17(29)27-14-2-3-15(27)13-5-8(14)1-4-16(28)26-25-13/h1,4,6-8,14-15H,2-3,5H2,(H,24,29)(H,26,28)/b4-1-,25-13?. The van der Waals surface area contributed by atoms with Gasteiger partial charge >= 0.3 is 12.2 Å². The van der Waals surface area contributed by atoms with Crippen molar-refractivity contribution in [2.45, 2.75) is 37.5 Å². The molecule has 0 aromatic heterocycles. The summed E-state index contributed by atoms with van der Waals surface area (Å²) in [5.41, 5.74) is 1.53. The Labute approximate surface area is 171 Å². The fourth-order valence-corrected chi connectivity index (χ4v) is 4.69. The van der Waals surface area contributed by atoms with Crippen molar-refractivity contribution in [2.24, 2.45) is 11.0 Å². The van der Waals surface area contributed by atoms with Crippen molar-refractivity contribution >= 4 is 39.3 Å². The third-order valence-electron chi connectivity index (χ3n) is 5.40. The summed E-state index contributed by atoms with van der Waals surface area (Å²) in [6.07, 6.45) is 0.279. The summed E-state index contributed by atoms with van der Waals surface area (Å²) in [5.74, 6) is -1.65. The van der Waals surface area contributed by atoms with E-state index in [1.807, 2.05) is 0 Å². The lowest BCUT2D eigenvalue weighted by atomic mass is 9.88. The zero-order chi connectivity index (χ0) is 20.9. The van der Waals surface area contributed by atoms with E-state index < -0.39 is 23.6 Å². The lowest BCUT2D eigenvalue weighted by Crippen LogP contribution is -2.54. The Hall–Kier alpha value is -2.43. The number of carbonyl (C=O) groups excluding carboxylic acids is 2. The fourth-order valence-electron chi connectivity index (χ4n) is 4.12.